The van der Waals surface area contributed by atoms with Gasteiger partial charge in [0.2, 0.25) is 0 Å². The van der Waals surface area contributed by atoms with Gasteiger partial charge in [-0.2, -0.15) is 0 Å². The number of hydrogen-bond acceptors (Lipinski definition) is 3. The van der Waals surface area contributed by atoms with Crippen molar-refractivity contribution < 1.29 is 9.22 Å². The molecule has 0 unspecified atom stereocenters. The van der Waals surface area contributed by atoms with Crippen LogP contribution in [0.15, 0.2) is 0 Å². The van der Waals surface area contributed by atoms with Crippen LogP contribution in [0.5, 0.6) is 0 Å². The first-order valence-corrected chi connectivity index (χ1v) is 12.1. The normalized spacial score (nSPS) is 12.0. The molecule has 0 radical (unpaired) electrons. The van der Waals surface area contributed by atoms with Gasteiger partial charge in [0.15, 0.2) is 5.12 Å². The number of carbonyl (C=O) groups is 1. The molecule has 0 amide bonds. The molecule has 144 valence electrons. The fourth-order valence-corrected chi connectivity index (χ4v) is 4.62. The van der Waals surface area contributed by atoms with Crippen molar-refractivity contribution >= 4 is 27.4 Å². The Morgan fingerprint density at radius 2 is 1.38 bits per heavy atom. The molecule has 0 aliphatic carbocycles. The summed E-state index contributed by atoms with van der Waals surface area (Å²) in [6.45, 7) is 6.74. The van der Waals surface area contributed by atoms with Crippen molar-refractivity contribution in [2.45, 2.75) is 116 Å². The first-order valence-electron chi connectivity index (χ1n) is 10.3. The van der Waals surface area contributed by atoms with Gasteiger partial charge in [0.1, 0.15) is 10.5 Å². The Hall–Kier alpha value is 0.197. The van der Waals surface area contributed by atoms with E-state index in [0.717, 1.165) is 41.9 Å². The highest BCUT2D eigenvalue weighted by Gasteiger charge is 2.27. The van der Waals surface area contributed by atoms with Crippen LogP contribution in [0.25, 0.3) is 0 Å². The molecule has 0 saturated heterocycles. The Labute approximate surface area is 158 Å². The van der Waals surface area contributed by atoms with Crippen LogP contribution in [-0.2, 0) is 9.22 Å². The molecule has 0 atom stereocenters. The van der Waals surface area contributed by atoms with Gasteiger partial charge in [-0.3, -0.25) is 4.79 Å². The molecule has 0 heterocycles. The SMILES string of the molecule is CCCCCCCC(=O)SCCCC(CCCC)(CCCC)O[SiH3]. The van der Waals surface area contributed by atoms with Crippen LogP contribution in [0.4, 0.5) is 0 Å². The lowest BCUT2D eigenvalue weighted by molar-refractivity contribution is -0.111. The second kappa shape index (κ2) is 16.7. The maximum absolute atomic E-state index is 12.0. The predicted molar refractivity (Wildman–Crippen MR) is 113 cm³/mol. The van der Waals surface area contributed by atoms with Gasteiger partial charge in [-0.1, -0.05) is 83.9 Å². The highest BCUT2D eigenvalue weighted by molar-refractivity contribution is 8.13. The van der Waals surface area contributed by atoms with Crippen LogP contribution >= 0.6 is 11.8 Å². The Morgan fingerprint density at radius 3 is 1.92 bits per heavy atom. The summed E-state index contributed by atoms with van der Waals surface area (Å²) in [5.41, 5.74) is 0.113. The first kappa shape index (κ1) is 24.2. The van der Waals surface area contributed by atoms with Crippen molar-refractivity contribution in [1.29, 1.82) is 0 Å². The number of hydrogen-bond donors (Lipinski definition) is 0. The lowest BCUT2D eigenvalue weighted by Crippen LogP contribution is -2.32. The van der Waals surface area contributed by atoms with Crippen molar-refractivity contribution in [1.82, 2.24) is 0 Å². The largest absolute Gasteiger partial charge is 0.422 e. The third kappa shape index (κ3) is 12.5. The molecule has 4 heteroatoms. The van der Waals surface area contributed by atoms with Crippen LogP contribution in [0.1, 0.15) is 111 Å². The minimum absolute atomic E-state index is 0.113. The zero-order valence-corrected chi connectivity index (χ0v) is 19.6. The molecule has 0 aromatic rings. The topological polar surface area (TPSA) is 26.3 Å². The van der Waals surface area contributed by atoms with Crippen LogP contribution < -0.4 is 0 Å². The van der Waals surface area contributed by atoms with Gasteiger partial charge < -0.3 is 4.43 Å². The quantitative estimate of drug-likeness (QED) is 0.238. The average molecular weight is 375 g/mol. The van der Waals surface area contributed by atoms with E-state index in [0.29, 0.717) is 5.12 Å². The molecule has 0 fully saturated rings. The molecular weight excluding hydrogens is 332 g/mol. The van der Waals surface area contributed by atoms with Gasteiger partial charge in [-0.05, 0) is 32.1 Å². The summed E-state index contributed by atoms with van der Waals surface area (Å²) in [6, 6.07) is 0. The Kier molecular flexibility index (Phi) is 16.8. The lowest BCUT2D eigenvalue weighted by atomic mass is 9.87. The number of rotatable bonds is 17. The zero-order chi connectivity index (χ0) is 18.1. The lowest BCUT2D eigenvalue weighted by Gasteiger charge is -2.33. The molecule has 2 nitrogen and oxygen atoms in total. The van der Waals surface area contributed by atoms with Gasteiger partial charge in [-0.25, -0.2) is 0 Å². The van der Waals surface area contributed by atoms with E-state index in [1.54, 1.807) is 11.8 Å². The molecule has 0 rings (SSSR count). The predicted octanol–water partition coefficient (Wildman–Crippen LogP) is 5.80. The summed E-state index contributed by atoms with van der Waals surface area (Å²) in [5.74, 6) is 0.971. The molecule has 0 spiro atoms. The highest BCUT2D eigenvalue weighted by atomic mass is 32.2. The maximum atomic E-state index is 12.0. The molecular formula is C20H42O2SSi. The van der Waals surface area contributed by atoms with Crippen molar-refractivity contribution in [2.75, 3.05) is 5.75 Å². The summed E-state index contributed by atoms with van der Waals surface area (Å²) in [7, 11) is 0.823. The Bertz CT molecular complexity index is 289. The molecule has 0 bridgehead atoms. The van der Waals surface area contributed by atoms with E-state index >= 15 is 0 Å². The van der Waals surface area contributed by atoms with E-state index in [4.69, 9.17) is 4.43 Å². The van der Waals surface area contributed by atoms with Crippen molar-refractivity contribution in [3.05, 3.63) is 0 Å². The second-order valence-electron chi connectivity index (χ2n) is 7.08. The van der Waals surface area contributed by atoms with Gasteiger partial charge in [-0.15, -0.1) is 0 Å². The van der Waals surface area contributed by atoms with Crippen molar-refractivity contribution in [2.24, 2.45) is 0 Å². The van der Waals surface area contributed by atoms with E-state index in [1.807, 2.05) is 0 Å². The Balaban J connectivity index is 3.97. The fourth-order valence-electron chi connectivity index (χ4n) is 3.20. The van der Waals surface area contributed by atoms with E-state index in [2.05, 4.69) is 20.8 Å². The molecule has 0 aromatic carbocycles. The van der Waals surface area contributed by atoms with Gasteiger partial charge in [0.25, 0.3) is 0 Å². The molecule has 0 aromatic heterocycles. The number of thioether (sulfide) groups is 1. The van der Waals surface area contributed by atoms with Gasteiger partial charge in [0.05, 0.1) is 5.60 Å². The van der Waals surface area contributed by atoms with Crippen molar-refractivity contribution in [3.63, 3.8) is 0 Å². The summed E-state index contributed by atoms with van der Waals surface area (Å²) in [5, 5.41) is 0.394. The van der Waals surface area contributed by atoms with Crippen molar-refractivity contribution in [3.8, 4) is 0 Å². The molecule has 0 aliphatic rings. The molecule has 24 heavy (non-hydrogen) atoms. The molecule has 0 N–H and O–H groups in total. The zero-order valence-electron chi connectivity index (χ0n) is 16.8. The third-order valence-corrected chi connectivity index (χ3v) is 6.81. The van der Waals surface area contributed by atoms with E-state index in [-0.39, 0.29) is 5.60 Å². The maximum Gasteiger partial charge on any atom is 0.188 e. The first-order chi connectivity index (χ1) is 11.6. The molecule has 0 aliphatic heterocycles. The van der Waals surface area contributed by atoms with Gasteiger partial charge in [0, 0.05) is 12.2 Å². The van der Waals surface area contributed by atoms with E-state index < -0.39 is 0 Å². The van der Waals surface area contributed by atoms with E-state index in [1.165, 1.54) is 64.2 Å². The Morgan fingerprint density at radius 1 is 0.833 bits per heavy atom. The summed E-state index contributed by atoms with van der Waals surface area (Å²) >= 11 is 1.56. The van der Waals surface area contributed by atoms with Gasteiger partial charge >= 0.3 is 0 Å². The average Bonchev–Trinajstić information content (AvgIpc) is 2.60. The van der Waals surface area contributed by atoms with E-state index in [9.17, 15) is 4.79 Å². The minimum Gasteiger partial charge on any atom is -0.422 e. The van der Waals surface area contributed by atoms with Crippen LogP contribution in [0.2, 0.25) is 0 Å². The summed E-state index contributed by atoms with van der Waals surface area (Å²) in [6.07, 6.45) is 16.5. The highest BCUT2D eigenvalue weighted by Crippen LogP contribution is 2.31. The molecule has 0 saturated carbocycles. The van der Waals surface area contributed by atoms with Crippen LogP contribution in [0, 0.1) is 0 Å². The summed E-state index contributed by atoms with van der Waals surface area (Å²) < 4.78 is 6.10. The third-order valence-electron chi connectivity index (χ3n) is 4.93. The second-order valence-corrected chi connectivity index (χ2v) is 8.64. The van der Waals surface area contributed by atoms with Crippen LogP contribution in [0.3, 0.4) is 0 Å². The van der Waals surface area contributed by atoms with Crippen LogP contribution in [-0.4, -0.2) is 27.0 Å². The smallest absolute Gasteiger partial charge is 0.188 e. The minimum atomic E-state index is 0.113. The monoisotopic (exact) mass is 374 g/mol. The summed E-state index contributed by atoms with van der Waals surface area (Å²) in [4.78, 5) is 12.0. The number of unbranched alkanes of at least 4 members (excludes halogenated alkanes) is 6. The number of carbonyl (C=O) groups excluding carboxylic acids is 1. The fraction of sp³-hybridized carbons (Fsp3) is 0.950. The standard InChI is InChI=1S/C20H42O2SSi/c1-4-7-10-11-12-14-19(21)23-18-13-17-20(22-24,15-8-5-2)16-9-6-3/h4-18H2,1-3,24H3.